The van der Waals surface area contributed by atoms with E-state index in [1.807, 2.05) is 0 Å². The maximum Gasteiger partial charge on any atom is 0.403 e. The smallest absolute Gasteiger partial charge is 0.403 e. The Bertz CT molecular complexity index is 435. The van der Waals surface area contributed by atoms with Gasteiger partial charge >= 0.3 is 12.4 Å². The highest BCUT2D eigenvalue weighted by atomic mass is 19.4. The second kappa shape index (κ2) is 6.13. The molecule has 8 heteroatoms. The predicted octanol–water partition coefficient (Wildman–Crippen LogP) is 4.25. The van der Waals surface area contributed by atoms with Crippen molar-refractivity contribution < 1.29 is 36.2 Å². The number of hydrogen-bond donors (Lipinski definition) is 1. The number of ether oxygens (including phenoxy) is 1. The minimum absolute atomic E-state index is 0.195. The maximum atomic E-state index is 12.5. The average molecular weight is 316 g/mol. The fraction of sp³-hybridized carbons (Fsp3) is 0.538. The van der Waals surface area contributed by atoms with E-state index in [1.54, 1.807) is 13.8 Å². The summed E-state index contributed by atoms with van der Waals surface area (Å²) in [5.41, 5.74) is -0.481. The molecule has 1 N–H and O–H groups in total. The van der Waals surface area contributed by atoms with Crippen molar-refractivity contribution in [1.29, 1.82) is 0 Å². The van der Waals surface area contributed by atoms with E-state index in [9.17, 15) is 31.4 Å². The van der Waals surface area contributed by atoms with Gasteiger partial charge in [-0.3, -0.25) is 0 Å². The van der Waals surface area contributed by atoms with Crippen molar-refractivity contribution in [3.8, 4) is 5.75 Å². The molecule has 0 heterocycles. The molecule has 0 aliphatic rings. The highest BCUT2D eigenvalue weighted by Gasteiger charge is 2.60. The van der Waals surface area contributed by atoms with E-state index in [2.05, 4.69) is 0 Å². The molecule has 21 heavy (non-hydrogen) atoms. The first-order valence-electron chi connectivity index (χ1n) is 6.01. The lowest BCUT2D eigenvalue weighted by Crippen LogP contribution is -2.40. The fourth-order valence-electron chi connectivity index (χ4n) is 1.75. The summed E-state index contributed by atoms with van der Waals surface area (Å²) in [5.74, 6) is -3.54. The van der Waals surface area contributed by atoms with Gasteiger partial charge < -0.3 is 9.84 Å². The Morgan fingerprint density at radius 1 is 0.905 bits per heavy atom. The third-order valence-electron chi connectivity index (χ3n) is 2.61. The summed E-state index contributed by atoms with van der Waals surface area (Å²) in [5, 5.41) is 9.44. The zero-order chi connectivity index (χ0) is 16.4. The third-order valence-corrected chi connectivity index (χ3v) is 2.61. The molecular weight excluding hydrogens is 302 g/mol. The average Bonchev–Trinajstić information content (AvgIpc) is 2.24. The molecule has 0 fully saturated rings. The Labute approximate surface area is 117 Å². The van der Waals surface area contributed by atoms with E-state index in [4.69, 9.17) is 4.74 Å². The first-order valence-corrected chi connectivity index (χ1v) is 6.01. The molecular formula is C13H14F6O2. The molecule has 0 aromatic heterocycles. The van der Waals surface area contributed by atoms with Gasteiger partial charge in [0.2, 0.25) is 0 Å². The van der Waals surface area contributed by atoms with Crippen molar-refractivity contribution in [2.45, 2.75) is 38.4 Å². The second-order valence-corrected chi connectivity index (χ2v) is 4.74. The lowest BCUT2D eigenvalue weighted by molar-refractivity contribution is -0.307. The van der Waals surface area contributed by atoms with Crippen molar-refractivity contribution in [2.75, 3.05) is 0 Å². The Balaban J connectivity index is 3.02. The monoisotopic (exact) mass is 316 g/mol. The van der Waals surface area contributed by atoms with Gasteiger partial charge in [-0.25, -0.2) is 0 Å². The number of halogens is 6. The molecule has 2 nitrogen and oxygen atoms in total. The van der Waals surface area contributed by atoms with Gasteiger partial charge in [-0.15, -0.1) is 0 Å². The van der Waals surface area contributed by atoms with Gasteiger partial charge in [0.15, 0.2) is 5.92 Å². The number of aliphatic hydroxyl groups excluding tert-OH is 1. The topological polar surface area (TPSA) is 29.5 Å². The molecule has 0 saturated heterocycles. The quantitative estimate of drug-likeness (QED) is 0.842. The summed E-state index contributed by atoms with van der Waals surface area (Å²) < 4.78 is 80.2. The molecule has 0 aliphatic carbocycles. The largest absolute Gasteiger partial charge is 0.491 e. The molecule has 1 unspecified atom stereocenters. The van der Waals surface area contributed by atoms with E-state index in [-0.39, 0.29) is 11.9 Å². The standard InChI is InChI=1S/C13H14F6O2/c1-7(2)21-9-5-3-8(4-6-9)10(20)11(12(14,15)16)13(17,18)19/h3-7,10-11,20H,1-2H3. The SMILES string of the molecule is CC(C)Oc1ccc(C(O)C(C(F)(F)F)C(F)(F)F)cc1. The van der Waals surface area contributed by atoms with Gasteiger partial charge in [0.05, 0.1) is 12.2 Å². The Kier molecular flexibility index (Phi) is 5.14. The van der Waals surface area contributed by atoms with Gasteiger partial charge in [-0.2, -0.15) is 26.3 Å². The lowest BCUT2D eigenvalue weighted by atomic mass is 9.94. The zero-order valence-corrected chi connectivity index (χ0v) is 11.2. The summed E-state index contributed by atoms with van der Waals surface area (Å²) in [4.78, 5) is 0. The molecule has 0 bridgehead atoms. The van der Waals surface area contributed by atoms with Crippen LogP contribution >= 0.6 is 0 Å². The predicted molar refractivity (Wildman–Crippen MR) is 62.8 cm³/mol. The summed E-state index contributed by atoms with van der Waals surface area (Å²) in [6, 6.07) is 4.38. The zero-order valence-electron chi connectivity index (χ0n) is 11.2. The van der Waals surface area contributed by atoms with E-state index < -0.39 is 29.9 Å². The van der Waals surface area contributed by atoms with Gasteiger partial charge in [-0.05, 0) is 31.5 Å². The third kappa shape index (κ3) is 4.80. The molecule has 0 aliphatic heterocycles. The highest BCUT2D eigenvalue weighted by molar-refractivity contribution is 5.29. The Morgan fingerprint density at radius 3 is 1.67 bits per heavy atom. The second-order valence-electron chi connectivity index (χ2n) is 4.74. The van der Waals surface area contributed by atoms with E-state index in [0.717, 1.165) is 12.1 Å². The molecule has 1 atom stereocenters. The van der Waals surface area contributed by atoms with Crippen LogP contribution in [0.2, 0.25) is 0 Å². The first-order chi connectivity index (χ1) is 9.43. The molecule has 120 valence electrons. The number of rotatable bonds is 4. The van der Waals surface area contributed by atoms with Crippen molar-refractivity contribution in [3.05, 3.63) is 29.8 Å². The summed E-state index contributed by atoms with van der Waals surface area (Å²) in [7, 11) is 0. The van der Waals surface area contributed by atoms with Crippen molar-refractivity contribution in [1.82, 2.24) is 0 Å². The van der Waals surface area contributed by atoms with Gasteiger partial charge in [0, 0.05) is 0 Å². The van der Waals surface area contributed by atoms with Gasteiger partial charge in [0.1, 0.15) is 5.75 Å². The Morgan fingerprint density at radius 2 is 1.33 bits per heavy atom. The van der Waals surface area contributed by atoms with Crippen LogP contribution < -0.4 is 4.74 Å². The van der Waals surface area contributed by atoms with Crippen LogP contribution in [0.5, 0.6) is 5.75 Å². The van der Waals surface area contributed by atoms with Crippen molar-refractivity contribution in [2.24, 2.45) is 5.92 Å². The highest BCUT2D eigenvalue weighted by Crippen LogP contribution is 2.46. The molecule has 0 amide bonds. The van der Waals surface area contributed by atoms with Crippen LogP contribution in [-0.4, -0.2) is 23.6 Å². The first kappa shape index (κ1) is 17.6. The summed E-state index contributed by atoms with van der Waals surface area (Å²) in [6.07, 6.45) is -14.1. The van der Waals surface area contributed by atoms with Crippen LogP contribution in [0.1, 0.15) is 25.5 Å². The molecule has 1 rings (SSSR count). The van der Waals surface area contributed by atoms with Crippen LogP contribution in [0.25, 0.3) is 0 Å². The summed E-state index contributed by atoms with van der Waals surface area (Å²) in [6.45, 7) is 3.43. The number of hydrogen-bond acceptors (Lipinski definition) is 2. The maximum absolute atomic E-state index is 12.5. The van der Waals surface area contributed by atoms with E-state index >= 15 is 0 Å². The lowest BCUT2D eigenvalue weighted by Gasteiger charge is -2.27. The van der Waals surface area contributed by atoms with Crippen LogP contribution in [0, 0.1) is 5.92 Å². The van der Waals surface area contributed by atoms with Crippen molar-refractivity contribution in [3.63, 3.8) is 0 Å². The molecule has 0 spiro atoms. The molecule has 0 saturated carbocycles. The Hall–Kier alpha value is -1.44. The molecule has 1 aromatic rings. The van der Waals surface area contributed by atoms with E-state index in [1.165, 1.54) is 12.1 Å². The number of benzene rings is 1. The minimum atomic E-state index is -5.59. The van der Waals surface area contributed by atoms with Gasteiger partial charge in [-0.1, -0.05) is 12.1 Å². The summed E-state index contributed by atoms with van der Waals surface area (Å²) >= 11 is 0. The van der Waals surface area contributed by atoms with Gasteiger partial charge in [0.25, 0.3) is 0 Å². The minimum Gasteiger partial charge on any atom is -0.491 e. The van der Waals surface area contributed by atoms with E-state index in [0.29, 0.717) is 0 Å². The number of alkyl halides is 6. The fourth-order valence-corrected chi connectivity index (χ4v) is 1.75. The normalized spacial score (nSPS) is 14.6. The van der Waals surface area contributed by atoms with Crippen molar-refractivity contribution >= 4 is 0 Å². The van der Waals surface area contributed by atoms with Crippen LogP contribution in [-0.2, 0) is 0 Å². The molecule has 1 aromatic carbocycles. The molecule has 0 radical (unpaired) electrons. The van der Waals surface area contributed by atoms with Crippen LogP contribution in [0.15, 0.2) is 24.3 Å². The number of aliphatic hydroxyl groups is 1. The van der Waals surface area contributed by atoms with Crippen LogP contribution in [0.4, 0.5) is 26.3 Å². The van der Waals surface area contributed by atoms with Crippen LogP contribution in [0.3, 0.4) is 0 Å².